The van der Waals surface area contributed by atoms with Gasteiger partial charge in [-0.1, -0.05) is 0 Å². The number of nitro groups is 1. The molecular weight excluding hydrogens is 302 g/mol. The van der Waals surface area contributed by atoms with E-state index in [1.807, 2.05) is 0 Å². The Bertz CT molecular complexity index is 611. The van der Waals surface area contributed by atoms with Crippen LogP contribution in [0.15, 0.2) is 18.2 Å². The van der Waals surface area contributed by atoms with Gasteiger partial charge in [-0.05, 0) is 31.4 Å². The molecule has 2 rings (SSSR count). The number of anilines is 1. The monoisotopic (exact) mass is 321 g/mol. The van der Waals surface area contributed by atoms with Crippen molar-refractivity contribution in [3.05, 3.63) is 33.9 Å². The Morgan fingerprint density at radius 1 is 1.30 bits per heavy atom. The Kier molecular flexibility index (Phi) is 5.51. The lowest BCUT2D eigenvalue weighted by molar-refractivity contribution is -0.385. The summed E-state index contributed by atoms with van der Waals surface area (Å²) in [5.41, 5.74) is 0.432. The molecule has 1 aromatic carbocycles. The highest BCUT2D eigenvalue weighted by atomic mass is 16.6. The van der Waals surface area contributed by atoms with E-state index >= 15 is 0 Å². The van der Waals surface area contributed by atoms with Gasteiger partial charge in [0.1, 0.15) is 5.56 Å². The number of rotatable bonds is 7. The summed E-state index contributed by atoms with van der Waals surface area (Å²) in [7, 11) is 0. The zero-order chi connectivity index (χ0) is 16.8. The van der Waals surface area contributed by atoms with Gasteiger partial charge >= 0.3 is 5.97 Å². The second-order valence-corrected chi connectivity index (χ2v) is 5.41. The number of nitrogens with zero attached hydrogens (tertiary/aromatic N) is 2. The fourth-order valence-electron chi connectivity index (χ4n) is 2.54. The quantitative estimate of drug-likeness (QED) is 0.452. The van der Waals surface area contributed by atoms with Crippen molar-refractivity contribution in [3.63, 3.8) is 0 Å². The van der Waals surface area contributed by atoms with Crippen molar-refractivity contribution < 1.29 is 19.6 Å². The molecule has 8 nitrogen and oxygen atoms in total. The number of carbonyl (C=O) groups is 2. The number of hydrogen-bond donors (Lipinski definition) is 2. The third-order valence-electron chi connectivity index (χ3n) is 3.71. The number of carbonyl (C=O) groups excluding carboxylic acids is 1. The molecule has 1 aliphatic rings. The Morgan fingerprint density at radius 2 is 2.00 bits per heavy atom. The maximum atomic E-state index is 12.5. The van der Waals surface area contributed by atoms with Crippen LogP contribution in [0.25, 0.3) is 0 Å². The third kappa shape index (κ3) is 4.41. The van der Waals surface area contributed by atoms with E-state index in [1.165, 1.54) is 18.2 Å². The van der Waals surface area contributed by atoms with Gasteiger partial charge in [-0.2, -0.15) is 0 Å². The SMILES string of the molecule is O=C(O)CCCNc1ccc([N+](=O)[O-])c(C(=O)N2CCCC2)c1. The predicted molar refractivity (Wildman–Crippen MR) is 83.6 cm³/mol. The molecular formula is C15H19N3O5. The number of nitro benzene ring substituents is 1. The molecule has 124 valence electrons. The van der Waals surface area contributed by atoms with Crippen LogP contribution in [0.1, 0.15) is 36.0 Å². The summed E-state index contributed by atoms with van der Waals surface area (Å²) >= 11 is 0. The van der Waals surface area contributed by atoms with Crippen molar-refractivity contribution >= 4 is 23.3 Å². The number of benzene rings is 1. The topological polar surface area (TPSA) is 113 Å². The van der Waals surface area contributed by atoms with Crippen molar-refractivity contribution in [3.8, 4) is 0 Å². The molecule has 0 unspecified atom stereocenters. The molecule has 1 amide bonds. The molecule has 1 aromatic rings. The minimum absolute atomic E-state index is 0.0412. The Labute approximate surface area is 133 Å². The number of carboxylic acids is 1. The highest BCUT2D eigenvalue weighted by Crippen LogP contribution is 2.25. The zero-order valence-corrected chi connectivity index (χ0v) is 12.7. The molecule has 1 fully saturated rings. The lowest BCUT2D eigenvalue weighted by atomic mass is 10.1. The van der Waals surface area contributed by atoms with Crippen LogP contribution < -0.4 is 5.32 Å². The van der Waals surface area contributed by atoms with Crippen molar-refractivity contribution in [1.29, 1.82) is 0 Å². The molecule has 0 atom stereocenters. The molecule has 0 saturated carbocycles. The highest BCUT2D eigenvalue weighted by molar-refractivity contribution is 5.99. The van der Waals surface area contributed by atoms with Crippen molar-refractivity contribution in [2.45, 2.75) is 25.7 Å². The van der Waals surface area contributed by atoms with Crippen LogP contribution in [-0.2, 0) is 4.79 Å². The smallest absolute Gasteiger partial charge is 0.303 e. The molecule has 0 aliphatic carbocycles. The predicted octanol–water partition coefficient (Wildman–Crippen LogP) is 2.11. The molecule has 8 heteroatoms. The number of hydrogen-bond acceptors (Lipinski definition) is 5. The normalized spacial score (nSPS) is 13.8. The van der Waals surface area contributed by atoms with Gasteiger partial charge in [0.15, 0.2) is 0 Å². The van der Waals surface area contributed by atoms with Crippen LogP contribution in [0.4, 0.5) is 11.4 Å². The van der Waals surface area contributed by atoms with E-state index in [0.717, 1.165) is 12.8 Å². The van der Waals surface area contributed by atoms with E-state index in [-0.39, 0.29) is 23.6 Å². The van der Waals surface area contributed by atoms with E-state index < -0.39 is 10.9 Å². The summed E-state index contributed by atoms with van der Waals surface area (Å²) in [4.78, 5) is 35.1. The fraction of sp³-hybridized carbons (Fsp3) is 0.467. The van der Waals surface area contributed by atoms with E-state index in [4.69, 9.17) is 5.11 Å². The summed E-state index contributed by atoms with van der Waals surface area (Å²) in [5, 5.41) is 22.7. The molecule has 1 aliphatic heterocycles. The van der Waals surface area contributed by atoms with Gasteiger partial charge in [-0.25, -0.2) is 0 Å². The number of carboxylic acid groups (broad SMARTS) is 1. The summed E-state index contributed by atoms with van der Waals surface area (Å²) in [5.74, 6) is -1.20. The number of likely N-dealkylation sites (tertiary alicyclic amines) is 1. The maximum Gasteiger partial charge on any atom is 0.303 e. The van der Waals surface area contributed by atoms with Crippen molar-refractivity contribution in [2.24, 2.45) is 0 Å². The largest absolute Gasteiger partial charge is 0.481 e. The van der Waals surface area contributed by atoms with E-state index in [0.29, 0.717) is 31.7 Å². The third-order valence-corrected chi connectivity index (χ3v) is 3.71. The minimum atomic E-state index is -0.875. The van der Waals surface area contributed by atoms with Gasteiger partial charge in [0, 0.05) is 37.8 Å². The molecule has 2 N–H and O–H groups in total. The van der Waals surface area contributed by atoms with Crippen LogP contribution in [-0.4, -0.2) is 46.4 Å². The van der Waals surface area contributed by atoms with Gasteiger partial charge in [0.2, 0.25) is 0 Å². The van der Waals surface area contributed by atoms with E-state index in [1.54, 1.807) is 4.90 Å². The first-order chi connectivity index (χ1) is 11.0. The fourth-order valence-corrected chi connectivity index (χ4v) is 2.54. The average molecular weight is 321 g/mol. The molecule has 23 heavy (non-hydrogen) atoms. The summed E-state index contributed by atoms with van der Waals surface area (Å²) in [6.45, 7) is 1.65. The van der Waals surface area contributed by atoms with Crippen molar-refractivity contribution in [2.75, 3.05) is 25.0 Å². The van der Waals surface area contributed by atoms with Crippen LogP contribution in [0.5, 0.6) is 0 Å². The average Bonchev–Trinajstić information content (AvgIpc) is 3.04. The number of nitrogens with one attached hydrogen (secondary N) is 1. The van der Waals surface area contributed by atoms with Gasteiger partial charge in [0.05, 0.1) is 4.92 Å². The maximum absolute atomic E-state index is 12.5. The number of aliphatic carboxylic acids is 1. The van der Waals surface area contributed by atoms with E-state index in [2.05, 4.69) is 5.32 Å². The van der Waals surface area contributed by atoms with Crippen LogP contribution in [0, 0.1) is 10.1 Å². The lowest BCUT2D eigenvalue weighted by Crippen LogP contribution is -2.28. The second kappa shape index (κ2) is 7.57. The Hall–Kier alpha value is -2.64. The van der Waals surface area contributed by atoms with Crippen LogP contribution >= 0.6 is 0 Å². The molecule has 0 aromatic heterocycles. The highest BCUT2D eigenvalue weighted by Gasteiger charge is 2.26. The second-order valence-electron chi connectivity index (χ2n) is 5.41. The Balaban J connectivity index is 2.13. The minimum Gasteiger partial charge on any atom is -0.481 e. The molecule has 1 heterocycles. The Morgan fingerprint density at radius 3 is 2.61 bits per heavy atom. The van der Waals surface area contributed by atoms with Gasteiger partial charge in [0.25, 0.3) is 11.6 Å². The van der Waals surface area contributed by atoms with Crippen LogP contribution in [0.2, 0.25) is 0 Å². The first-order valence-corrected chi connectivity index (χ1v) is 7.52. The van der Waals surface area contributed by atoms with Gasteiger partial charge in [-0.3, -0.25) is 19.7 Å². The first-order valence-electron chi connectivity index (χ1n) is 7.52. The molecule has 0 spiro atoms. The first kappa shape index (κ1) is 16.7. The van der Waals surface area contributed by atoms with Crippen molar-refractivity contribution in [1.82, 2.24) is 4.90 Å². The zero-order valence-electron chi connectivity index (χ0n) is 12.7. The number of amides is 1. The standard InChI is InChI=1S/C15H19N3O5/c19-14(20)4-3-7-16-11-5-6-13(18(22)23)12(10-11)15(21)17-8-1-2-9-17/h5-6,10,16H,1-4,7-9H2,(H,19,20). The van der Waals surface area contributed by atoms with Gasteiger partial charge in [-0.15, -0.1) is 0 Å². The molecule has 1 saturated heterocycles. The summed E-state index contributed by atoms with van der Waals surface area (Å²) < 4.78 is 0. The summed E-state index contributed by atoms with van der Waals surface area (Å²) in [6.07, 6.45) is 2.29. The van der Waals surface area contributed by atoms with Crippen LogP contribution in [0.3, 0.4) is 0 Å². The van der Waals surface area contributed by atoms with E-state index in [9.17, 15) is 19.7 Å². The molecule has 0 bridgehead atoms. The lowest BCUT2D eigenvalue weighted by Gasteiger charge is -2.16. The summed E-state index contributed by atoms with van der Waals surface area (Å²) in [6, 6.07) is 4.31. The van der Waals surface area contributed by atoms with Gasteiger partial charge < -0.3 is 15.3 Å². The molecule has 0 radical (unpaired) electrons.